The highest BCUT2D eigenvalue weighted by Gasteiger charge is 2.13. The molecule has 0 saturated carbocycles. The van der Waals surface area contributed by atoms with Crippen molar-refractivity contribution < 1.29 is 9.53 Å². The van der Waals surface area contributed by atoms with Crippen LogP contribution >= 0.6 is 11.8 Å². The number of rotatable bonds is 9. The number of nitrogen functional groups attached to an aromatic ring is 1. The molecule has 0 bridgehead atoms. The van der Waals surface area contributed by atoms with E-state index in [2.05, 4.69) is 20.7 Å². The largest absolute Gasteiger partial charge is 0.497 e. The normalized spacial score (nSPS) is 10.9. The van der Waals surface area contributed by atoms with Gasteiger partial charge in [-0.25, -0.2) is 10.1 Å². The first-order chi connectivity index (χ1) is 14.5. The van der Waals surface area contributed by atoms with Gasteiger partial charge < -0.3 is 15.5 Å². The van der Waals surface area contributed by atoms with Crippen LogP contribution in [0.1, 0.15) is 15.9 Å². The Labute approximate surface area is 178 Å². The van der Waals surface area contributed by atoms with Gasteiger partial charge in [0.05, 0.1) is 19.1 Å². The molecule has 3 aromatic rings. The van der Waals surface area contributed by atoms with Crippen LogP contribution in [0.3, 0.4) is 0 Å². The third-order valence-electron chi connectivity index (χ3n) is 4.18. The van der Waals surface area contributed by atoms with E-state index in [1.807, 2.05) is 43.3 Å². The molecule has 1 aromatic heterocycles. The van der Waals surface area contributed by atoms with E-state index in [1.54, 1.807) is 37.6 Å². The number of carbonyl (C=O) groups is 1. The number of methoxy groups -OCH3 is 1. The minimum absolute atomic E-state index is 0.0596. The summed E-state index contributed by atoms with van der Waals surface area (Å²) in [6.07, 6.45) is 1.66. The molecule has 3 N–H and O–H groups in total. The molecule has 0 aliphatic rings. The molecule has 0 radical (unpaired) electrons. The first-order valence-corrected chi connectivity index (χ1v) is 10.0. The summed E-state index contributed by atoms with van der Waals surface area (Å²) in [5.41, 5.74) is 5.35. The average Bonchev–Trinajstić information content (AvgIpc) is 3.11. The van der Waals surface area contributed by atoms with E-state index in [1.165, 1.54) is 16.4 Å². The second-order valence-corrected chi connectivity index (χ2v) is 7.42. The van der Waals surface area contributed by atoms with Crippen LogP contribution in [0.2, 0.25) is 0 Å². The Morgan fingerprint density at radius 2 is 2.03 bits per heavy atom. The number of anilines is 2. The third-order valence-corrected chi connectivity index (χ3v) is 5.12. The molecular formula is C20H23N7O2S. The number of thioether (sulfide) groups is 1. The van der Waals surface area contributed by atoms with Crippen LogP contribution in [-0.4, -0.2) is 53.8 Å². The summed E-state index contributed by atoms with van der Waals surface area (Å²) in [5.74, 6) is 7.02. The van der Waals surface area contributed by atoms with Crippen molar-refractivity contribution in [1.29, 1.82) is 0 Å². The van der Waals surface area contributed by atoms with E-state index in [-0.39, 0.29) is 17.5 Å². The molecule has 156 valence electrons. The molecule has 0 saturated heterocycles. The van der Waals surface area contributed by atoms with Crippen molar-refractivity contribution in [3.63, 3.8) is 0 Å². The molecular weight excluding hydrogens is 402 g/mol. The maximum absolute atomic E-state index is 12.4. The molecule has 0 aliphatic heterocycles. The second kappa shape index (κ2) is 9.79. The molecule has 0 aliphatic carbocycles. The van der Waals surface area contributed by atoms with Crippen molar-refractivity contribution in [1.82, 2.24) is 14.9 Å². The van der Waals surface area contributed by atoms with Gasteiger partial charge in [-0.1, -0.05) is 36.0 Å². The van der Waals surface area contributed by atoms with E-state index >= 15 is 0 Å². The fraction of sp³-hybridized carbons (Fsp3) is 0.200. The van der Waals surface area contributed by atoms with Crippen molar-refractivity contribution in [3.8, 4) is 5.75 Å². The smallest absolute Gasteiger partial charge is 0.264 e. The number of nitrogens with two attached hydrogens (primary N) is 1. The van der Waals surface area contributed by atoms with E-state index in [0.717, 1.165) is 11.3 Å². The number of nitrogens with zero attached hydrogens (tertiary/aromatic N) is 5. The zero-order valence-electron chi connectivity index (χ0n) is 16.9. The van der Waals surface area contributed by atoms with Crippen molar-refractivity contribution >= 4 is 35.4 Å². The molecule has 0 amide bonds. The lowest BCUT2D eigenvalue weighted by atomic mass is 10.1. The topological polar surface area (TPSA) is 111 Å². The van der Waals surface area contributed by atoms with E-state index in [0.29, 0.717) is 16.5 Å². The van der Waals surface area contributed by atoms with Crippen molar-refractivity contribution in [2.45, 2.75) is 5.16 Å². The minimum Gasteiger partial charge on any atom is -0.497 e. The Morgan fingerprint density at radius 1 is 1.27 bits per heavy atom. The minimum atomic E-state index is -0.0596. The number of hydrogen-bond acceptors (Lipinski definition) is 9. The van der Waals surface area contributed by atoms with Crippen LogP contribution in [0.15, 0.2) is 58.8 Å². The van der Waals surface area contributed by atoms with Crippen LogP contribution in [0.25, 0.3) is 0 Å². The van der Waals surface area contributed by atoms with Gasteiger partial charge in [0.1, 0.15) is 5.75 Å². The zero-order chi connectivity index (χ0) is 21.5. The summed E-state index contributed by atoms with van der Waals surface area (Å²) >= 11 is 1.20. The maximum atomic E-state index is 12.4. The molecule has 9 nitrogen and oxygen atoms in total. The molecule has 1 heterocycles. The van der Waals surface area contributed by atoms with Crippen LogP contribution in [0, 0.1) is 0 Å². The summed E-state index contributed by atoms with van der Waals surface area (Å²) in [6.45, 7) is 0. The molecule has 2 aromatic carbocycles. The number of hydrazone groups is 1. The first kappa shape index (κ1) is 21.2. The Hall–Kier alpha value is -3.53. The fourth-order valence-corrected chi connectivity index (χ4v) is 3.24. The molecule has 0 atom stereocenters. The van der Waals surface area contributed by atoms with Gasteiger partial charge in [0, 0.05) is 25.3 Å². The van der Waals surface area contributed by atoms with Gasteiger partial charge in [-0.2, -0.15) is 5.10 Å². The van der Waals surface area contributed by atoms with Gasteiger partial charge in [0.15, 0.2) is 5.78 Å². The van der Waals surface area contributed by atoms with Crippen LogP contribution in [0.4, 0.5) is 11.6 Å². The molecule has 0 fully saturated rings. The number of benzene rings is 2. The van der Waals surface area contributed by atoms with E-state index < -0.39 is 0 Å². The van der Waals surface area contributed by atoms with Crippen LogP contribution in [-0.2, 0) is 0 Å². The van der Waals surface area contributed by atoms with Gasteiger partial charge in [-0.3, -0.25) is 4.79 Å². The Balaban J connectivity index is 1.56. The molecule has 3 rings (SSSR count). The predicted octanol–water partition coefficient (Wildman–Crippen LogP) is 2.49. The summed E-state index contributed by atoms with van der Waals surface area (Å²) in [7, 11) is 5.53. The summed E-state index contributed by atoms with van der Waals surface area (Å²) in [4.78, 5) is 14.4. The predicted molar refractivity (Wildman–Crippen MR) is 120 cm³/mol. The lowest BCUT2D eigenvalue weighted by molar-refractivity contribution is 0.102. The van der Waals surface area contributed by atoms with E-state index in [9.17, 15) is 4.79 Å². The highest BCUT2D eigenvalue weighted by atomic mass is 32.2. The number of nitrogens with one attached hydrogen (secondary N) is 1. The monoisotopic (exact) mass is 425 g/mol. The zero-order valence-corrected chi connectivity index (χ0v) is 17.8. The summed E-state index contributed by atoms with van der Waals surface area (Å²) in [5, 5.41) is 12.5. The quantitative estimate of drug-likeness (QED) is 0.177. The van der Waals surface area contributed by atoms with Gasteiger partial charge in [0.25, 0.3) is 5.95 Å². The number of aromatic nitrogens is 3. The SMILES string of the molecule is COc1cccc(C(=O)CSc2nnc(N/N=C/c3ccc(N(C)C)cc3)n2N)c1. The Kier molecular flexibility index (Phi) is 6.91. The maximum Gasteiger partial charge on any atom is 0.264 e. The van der Waals surface area contributed by atoms with Gasteiger partial charge in [-0.15, -0.1) is 10.2 Å². The third kappa shape index (κ3) is 5.29. The number of carbonyl (C=O) groups excluding carboxylic acids is 1. The van der Waals surface area contributed by atoms with Crippen molar-refractivity contribution in [2.75, 3.05) is 43.1 Å². The molecule has 0 spiro atoms. The Bertz CT molecular complexity index is 1030. The van der Waals surface area contributed by atoms with Crippen molar-refractivity contribution in [2.24, 2.45) is 5.10 Å². The Morgan fingerprint density at radius 3 is 2.73 bits per heavy atom. The van der Waals surface area contributed by atoms with Gasteiger partial charge >= 0.3 is 0 Å². The highest BCUT2D eigenvalue weighted by molar-refractivity contribution is 7.99. The molecule has 10 heteroatoms. The van der Waals surface area contributed by atoms with Crippen LogP contribution in [0.5, 0.6) is 5.75 Å². The number of hydrogen-bond donors (Lipinski definition) is 2. The van der Waals surface area contributed by atoms with Crippen LogP contribution < -0.4 is 20.9 Å². The molecule has 0 unspecified atom stereocenters. The standard InChI is InChI=1S/C20H23N7O2S/c1-26(2)16-9-7-14(8-10-16)12-22-23-19-24-25-20(27(19)21)30-13-18(28)15-5-4-6-17(11-15)29-3/h4-12H,13,21H2,1-3H3,(H,23,24)/b22-12+. The van der Waals surface area contributed by atoms with Gasteiger partial charge in [0.2, 0.25) is 5.16 Å². The average molecular weight is 426 g/mol. The summed E-state index contributed by atoms with van der Waals surface area (Å²) < 4.78 is 6.41. The van der Waals surface area contributed by atoms with Crippen molar-refractivity contribution in [3.05, 3.63) is 59.7 Å². The highest BCUT2D eigenvalue weighted by Crippen LogP contribution is 2.20. The second-order valence-electron chi connectivity index (χ2n) is 6.48. The van der Waals surface area contributed by atoms with E-state index in [4.69, 9.17) is 10.6 Å². The lowest BCUT2D eigenvalue weighted by Gasteiger charge is -2.11. The number of Topliss-reactive ketones (excluding diaryl/α,β-unsaturated/α-hetero) is 1. The lowest BCUT2D eigenvalue weighted by Crippen LogP contribution is -2.14. The number of ketones is 1. The first-order valence-electron chi connectivity index (χ1n) is 9.05. The molecule has 30 heavy (non-hydrogen) atoms. The summed E-state index contributed by atoms with van der Waals surface area (Å²) in [6, 6.07) is 14.9. The number of ether oxygens (including phenoxy) is 1. The fourth-order valence-electron chi connectivity index (χ4n) is 2.48. The van der Waals surface area contributed by atoms with Gasteiger partial charge in [-0.05, 0) is 29.8 Å².